The van der Waals surface area contributed by atoms with Crippen LogP contribution < -0.4 is 5.32 Å². The van der Waals surface area contributed by atoms with E-state index in [0.717, 1.165) is 13.0 Å². The van der Waals surface area contributed by atoms with Crippen LogP contribution in [-0.2, 0) is 4.79 Å². The third-order valence-corrected chi connectivity index (χ3v) is 2.56. The van der Waals surface area contributed by atoms with Gasteiger partial charge in [0.05, 0.1) is 6.54 Å². The molecule has 0 saturated carbocycles. The molecule has 0 unspecified atom stereocenters. The van der Waals surface area contributed by atoms with Crippen molar-refractivity contribution in [2.24, 2.45) is 0 Å². The minimum Gasteiger partial charge on any atom is -0.310 e. The molecule has 0 amide bonds. The number of benzene rings is 2. The van der Waals surface area contributed by atoms with Crippen molar-refractivity contribution in [2.75, 3.05) is 13.1 Å². The normalized spacial score (nSPS) is 14.6. The molecule has 1 aliphatic heterocycles. The minimum absolute atomic E-state index is 0.343. The van der Waals surface area contributed by atoms with Gasteiger partial charge in [0, 0.05) is 13.0 Å². The molecular formula is C14H15NO. The average molecular weight is 213 g/mol. The molecule has 1 aliphatic rings. The van der Waals surface area contributed by atoms with E-state index in [1.54, 1.807) is 0 Å². The molecule has 3 rings (SSSR count). The van der Waals surface area contributed by atoms with Crippen molar-refractivity contribution in [2.45, 2.75) is 6.42 Å². The van der Waals surface area contributed by atoms with Crippen LogP contribution in [0.25, 0.3) is 10.8 Å². The summed E-state index contributed by atoms with van der Waals surface area (Å²) in [6, 6.07) is 16.7. The van der Waals surface area contributed by atoms with Crippen molar-refractivity contribution in [1.82, 2.24) is 5.32 Å². The van der Waals surface area contributed by atoms with Crippen molar-refractivity contribution in [3.63, 3.8) is 0 Å². The lowest BCUT2D eigenvalue weighted by molar-refractivity contribution is -0.116. The van der Waals surface area contributed by atoms with Crippen LogP contribution in [-0.4, -0.2) is 18.9 Å². The largest absolute Gasteiger partial charge is 0.310 e. The summed E-state index contributed by atoms with van der Waals surface area (Å²) in [5.41, 5.74) is 0. The van der Waals surface area contributed by atoms with Gasteiger partial charge in [-0.05, 0) is 10.8 Å². The van der Waals surface area contributed by atoms with Crippen molar-refractivity contribution in [3.05, 3.63) is 48.5 Å². The highest BCUT2D eigenvalue weighted by Gasteiger charge is 2.06. The highest BCUT2D eigenvalue weighted by atomic mass is 16.1. The number of rotatable bonds is 0. The summed E-state index contributed by atoms with van der Waals surface area (Å²) in [7, 11) is 0. The summed E-state index contributed by atoms with van der Waals surface area (Å²) >= 11 is 0. The first-order chi connectivity index (χ1) is 7.86. The Morgan fingerprint density at radius 2 is 1.38 bits per heavy atom. The molecule has 1 saturated heterocycles. The first kappa shape index (κ1) is 10.8. The van der Waals surface area contributed by atoms with E-state index in [4.69, 9.17) is 0 Å². The van der Waals surface area contributed by atoms with E-state index in [2.05, 4.69) is 53.8 Å². The van der Waals surface area contributed by atoms with Crippen molar-refractivity contribution >= 4 is 16.6 Å². The van der Waals surface area contributed by atoms with Crippen LogP contribution in [0.3, 0.4) is 0 Å². The number of hydrogen-bond donors (Lipinski definition) is 1. The summed E-state index contributed by atoms with van der Waals surface area (Å²) in [6.45, 7) is 1.48. The Kier molecular flexibility index (Phi) is 3.67. The number of nitrogens with one attached hydrogen (secondary N) is 1. The molecule has 16 heavy (non-hydrogen) atoms. The molecule has 0 radical (unpaired) electrons. The van der Waals surface area contributed by atoms with Gasteiger partial charge >= 0.3 is 0 Å². The van der Waals surface area contributed by atoms with Gasteiger partial charge in [0.2, 0.25) is 0 Å². The fraction of sp³-hybridized carbons (Fsp3) is 0.214. The molecule has 1 N–H and O–H groups in total. The maximum atomic E-state index is 10.2. The predicted molar refractivity (Wildman–Crippen MR) is 66.4 cm³/mol. The fourth-order valence-corrected chi connectivity index (χ4v) is 1.68. The number of Topliss-reactive ketones (excluding diaryl/α,β-unsaturated/α-hetero) is 1. The van der Waals surface area contributed by atoms with Crippen molar-refractivity contribution in [1.29, 1.82) is 0 Å². The molecule has 0 spiro atoms. The number of carbonyl (C=O) groups excluding carboxylic acids is 1. The molecule has 2 aromatic rings. The van der Waals surface area contributed by atoms with Gasteiger partial charge in [-0.1, -0.05) is 48.5 Å². The average Bonchev–Trinajstić information content (AvgIpc) is 2.81. The maximum Gasteiger partial charge on any atom is 0.147 e. The zero-order chi connectivity index (χ0) is 11.2. The lowest BCUT2D eigenvalue weighted by Crippen LogP contribution is -2.07. The third kappa shape index (κ3) is 2.91. The molecule has 0 aliphatic carbocycles. The predicted octanol–water partition coefficient (Wildman–Crippen LogP) is 2.39. The number of carbonyl (C=O) groups is 1. The van der Waals surface area contributed by atoms with Gasteiger partial charge in [-0.15, -0.1) is 0 Å². The fourth-order valence-electron chi connectivity index (χ4n) is 1.68. The Hall–Kier alpha value is -1.67. The Labute approximate surface area is 95.3 Å². The van der Waals surface area contributed by atoms with E-state index in [1.165, 1.54) is 10.8 Å². The highest BCUT2D eigenvalue weighted by Crippen LogP contribution is 2.11. The summed E-state index contributed by atoms with van der Waals surface area (Å²) < 4.78 is 0. The van der Waals surface area contributed by atoms with Gasteiger partial charge in [-0.2, -0.15) is 0 Å². The van der Waals surface area contributed by atoms with Crippen molar-refractivity contribution in [3.8, 4) is 0 Å². The standard InChI is InChI=1S/C10H8.C4H7NO/c1-2-6-10-8-4-3-7-9(10)5-1;6-4-1-2-5-3-4/h1-8H;5H,1-3H2. The molecule has 0 atom stereocenters. The van der Waals surface area contributed by atoms with E-state index in [-0.39, 0.29) is 0 Å². The topological polar surface area (TPSA) is 29.1 Å². The van der Waals surface area contributed by atoms with E-state index in [1.807, 2.05) is 0 Å². The molecule has 0 bridgehead atoms. The Bertz CT molecular complexity index is 405. The van der Waals surface area contributed by atoms with E-state index < -0.39 is 0 Å². The second kappa shape index (κ2) is 5.42. The summed E-state index contributed by atoms with van der Waals surface area (Å²) in [4.78, 5) is 10.2. The highest BCUT2D eigenvalue weighted by molar-refractivity contribution is 5.82. The summed E-state index contributed by atoms with van der Waals surface area (Å²) in [6.07, 6.45) is 0.736. The number of ketones is 1. The van der Waals surface area contributed by atoms with Gasteiger partial charge in [-0.25, -0.2) is 0 Å². The van der Waals surface area contributed by atoms with Crippen LogP contribution in [0, 0.1) is 0 Å². The second-order valence-electron chi connectivity index (χ2n) is 3.81. The molecular weight excluding hydrogens is 198 g/mol. The van der Waals surface area contributed by atoms with Crippen LogP contribution in [0.4, 0.5) is 0 Å². The zero-order valence-corrected chi connectivity index (χ0v) is 9.15. The molecule has 2 nitrogen and oxygen atoms in total. The van der Waals surface area contributed by atoms with Gasteiger partial charge in [0.1, 0.15) is 5.78 Å². The molecule has 2 heteroatoms. The van der Waals surface area contributed by atoms with Crippen LogP contribution >= 0.6 is 0 Å². The maximum absolute atomic E-state index is 10.2. The van der Waals surface area contributed by atoms with Gasteiger partial charge in [0.15, 0.2) is 0 Å². The number of fused-ring (bicyclic) bond motifs is 1. The minimum atomic E-state index is 0.343. The molecule has 1 fully saturated rings. The first-order valence-corrected chi connectivity index (χ1v) is 5.52. The second-order valence-corrected chi connectivity index (χ2v) is 3.81. The van der Waals surface area contributed by atoms with Crippen LogP contribution in [0.5, 0.6) is 0 Å². The van der Waals surface area contributed by atoms with E-state index >= 15 is 0 Å². The molecule has 0 aromatic heterocycles. The lowest BCUT2D eigenvalue weighted by Gasteiger charge is -1.92. The first-order valence-electron chi connectivity index (χ1n) is 5.52. The van der Waals surface area contributed by atoms with Crippen LogP contribution in [0.15, 0.2) is 48.5 Å². The van der Waals surface area contributed by atoms with Gasteiger partial charge in [-0.3, -0.25) is 4.79 Å². The summed E-state index contributed by atoms with van der Waals surface area (Å²) in [5.74, 6) is 0.343. The Balaban J connectivity index is 0.000000138. The van der Waals surface area contributed by atoms with Crippen molar-refractivity contribution < 1.29 is 4.79 Å². The Morgan fingerprint density at radius 1 is 0.875 bits per heavy atom. The lowest BCUT2D eigenvalue weighted by atomic mass is 10.1. The smallest absolute Gasteiger partial charge is 0.147 e. The zero-order valence-electron chi connectivity index (χ0n) is 9.15. The SMILES string of the molecule is O=C1CCNC1.c1ccc2ccccc2c1. The monoisotopic (exact) mass is 213 g/mol. The van der Waals surface area contributed by atoms with Gasteiger partial charge in [0.25, 0.3) is 0 Å². The van der Waals surface area contributed by atoms with Crippen LogP contribution in [0.2, 0.25) is 0 Å². The third-order valence-electron chi connectivity index (χ3n) is 2.56. The Morgan fingerprint density at radius 3 is 1.62 bits per heavy atom. The quantitative estimate of drug-likeness (QED) is 0.728. The van der Waals surface area contributed by atoms with E-state index in [0.29, 0.717) is 12.3 Å². The van der Waals surface area contributed by atoms with E-state index in [9.17, 15) is 4.79 Å². The molecule has 2 aromatic carbocycles. The molecule has 1 heterocycles. The number of hydrogen-bond acceptors (Lipinski definition) is 2. The van der Waals surface area contributed by atoms with Crippen LogP contribution in [0.1, 0.15) is 6.42 Å². The molecule has 82 valence electrons. The summed E-state index contributed by atoms with van der Waals surface area (Å²) in [5, 5.41) is 5.54. The van der Waals surface area contributed by atoms with Gasteiger partial charge < -0.3 is 5.32 Å².